The van der Waals surface area contributed by atoms with Gasteiger partial charge in [0, 0.05) is 4.47 Å². The van der Waals surface area contributed by atoms with Crippen LogP contribution in [0.4, 0.5) is 5.69 Å². The van der Waals surface area contributed by atoms with Crippen LogP contribution < -0.4 is 10.7 Å². The summed E-state index contributed by atoms with van der Waals surface area (Å²) in [5.74, 6) is -0.919. The molecule has 0 aliphatic carbocycles. The number of rotatable bonds is 5. The number of nitrogens with one attached hydrogen (secondary N) is 2. The highest BCUT2D eigenvalue weighted by atomic mass is 79.9. The third-order valence-corrected chi connectivity index (χ3v) is 4.81. The number of carbonyl (C=O) groups excluding carboxylic acids is 2. The minimum absolute atomic E-state index is 0.0740. The zero-order chi connectivity index (χ0) is 18.4. The largest absolute Gasteiger partial charge is 0.506 e. The van der Waals surface area contributed by atoms with E-state index in [1.54, 1.807) is 30.3 Å². The number of amides is 2. The van der Waals surface area contributed by atoms with Crippen LogP contribution in [0.2, 0.25) is 0 Å². The van der Waals surface area contributed by atoms with Gasteiger partial charge in [0.15, 0.2) is 0 Å². The smallest absolute Gasteiger partial charge is 0.249 e. The van der Waals surface area contributed by atoms with Gasteiger partial charge in [-0.1, -0.05) is 12.1 Å². The summed E-state index contributed by atoms with van der Waals surface area (Å²) in [5.41, 5.74) is 3.51. The lowest BCUT2D eigenvalue weighted by Crippen LogP contribution is -2.24. The summed E-state index contributed by atoms with van der Waals surface area (Å²) >= 11 is 9.72. The minimum Gasteiger partial charge on any atom is -0.506 e. The Balaban J connectivity index is 1.88. The molecule has 0 fully saturated rings. The number of nitrogens with zero attached hydrogens (tertiary/aromatic N) is 1. The first-order valence-electron chi connectivity index (χ1n) is 6.91. The number of aromatic hydroxyl groups is 1. The van der Waals surface area contributed by atoms with Crippen molar-refractivity contribution in [3.8, 4) is 5.75 Å². The maximum atomic E-state index is 11.9. The van der Waals surface area contributed by atoms with Gasteiger partial charge in [0.25, 0.3) is 0 Å². The number of hydrogen-bond donors (Lipinski definition) is 3. The van der Waals surface area contributed by atoms with Gasteiger partial charge in [0.05, 0.1) is 20.8 Å². The fourth-order valence-corrected chi connectivity index (χ4v) is 3.39. The molecule has 0 aliphatic heterocycles. The van der Waals surface area contributed by atoms with Crippen LogP contribution in [-0.4, -0.2) is 23.1 Å². The van der Waals surface area contributed by atoms with Gasteiger partial charge in [0.2, 0.25) is 11.8 Å². The van der Waals surface area contributed by atoms with E-state index >= 15 is 0 Å². The standard InChI is InChI=1S/C16H12Br3N3O3/c17-10-3-1-2-4-13(10)21-14(23)7-15(24)22-20-8-9-5-11(18)16(25)12(19)6-9/h1-6,8,25H,7H2,(H,21,23)(H,22,24). The van der Waals surface area contributed by atoms with Crippen molar-refractivity contribution >= 4 is 71.5 Å². The van der Waals surface area contributed by atoms with Gasteiger partial charge in [-0.2, -0.15) is 5.10 Å². The van der Waals surface area contributed by atoms with E-state index in [0.29, 0.717) is 20.2 Å². The van der Waals surface area contributed by atoms with Crippen LogP contribution in [0.25, 0.3) is 0 Å². The molecule has 0 saturated heterocycles. The lowest BCUT2D eigenvalue weighted by Gasteiger charge is -2.06. The average molecular weight is 534 g/mol. The van der Waals surface area contributed by atoms with Crippen molar-refractivity contribution in [3.05, 3.63) is 55.4 Å². The zero-order valence-corrected chi connectivity index (χ0v) is 17.4. The van der Waals surface area contributed by atoms with Crippen LogP contribution in [-0.2, 0) is 9.59 Å². The molecule has 0 spiro atoms. The highest BCUT2D eigenvalue weighted by Gasteiger charge is 2.10. The average Bonchev–Trinajstić information content (AvgIpc) is 2.54. The predicted molar refractivity (Wildman–Crippen MR) is 107 cm³/mol. The van der Waals surface area contributed by atoms with E-state index in [-0.39, 0.29) is 12.2 Å². The number of phenolic OH excluding ortho intramolecular Hbond substituents is 1. The lowest BCUT2D eigenvalue weighted by molar-refractivity contribution is -0.126. The zero-order valence-electron chi connectivity index (χ0n) is 12.6. The molecule has 0 unspecified atom stereocenters. The fraction of sp³-hybridized carbons (Fsp3) is 0.0625. The summed E-state index contributed by atoms with van der Waals surface area (Å²) in [4.78, 5) is 23.6. The summed E-state index contributed by atoms with van der Waals surface area (Å²) in [7, 11) is 0. The summed E-state index contributed by atoms with van der Waals surface area (Å²) in [6, 6.07) is 10.4. The Morgan fingerprint density at radius 1 is 1.04 bits per heavy atom. The number of halogens is 3. The number of para-hydroxylation sites is 1. The number of hydrogen-bond acceptors (Lipinski definition) is 4. The van der Waals surface area contributed by atoms with Gasteiger partial charge in [-0.25, -0.2) is 5.43 Å². The van der Waals surface area contributed by atoms with Crippen molar-refractivity contribution in [2.24, 2.45) is 5.10 Å². The molecule has 0 bridgehead atoms. The van der Waals surface area contributed by atoms with E-state index in [9.17, 15) is 14.7 Å². The molecule has 2 aromatic rings. The van der Waals surface area contributed by atoms with E-state index in [4.69, 9.17) is 0 Å². The van der Waals surface area contributed by atoms with Gasteiger partial charge < -0.3 is 10.4 Å². The third-order valence-electron chi connectivity index (χ3n) is 2.91. The Bertz CT molecular complexity index is 817. The molecule has 3 N–H and O–H groups in total. The molecule has 0 aliphatic rings. The molecule has 0 saturated carbocycles. The van der Waals surface area contributed by atoms with Crippen molar-refractivity contribution in [1.29, 1.82) is 0 Å². The lowest BCUT2D eigenvalue weighted by atomic mass is 10.2. The monoisotopic (exact) mass is 531 g/mol. The third kappa shape index (κ3) is 5.94. The van der Waals surface area contributed by atoms with Crippen LogP contribution in [0, 0.1) is 0 Å². The SMILES string of the molecule is O=C(CC(=O)Nc1ccccc1Br)NN=Cc1cc(Br)c(O)c(Br)c1. The summed E-state index contributed by atoms with van der Waals surface area (Å²) < 4.78 is 1.70. The molecule has 130 valence electrons. The van der Waals surface area contributed by atoms with Crippen LogP contribution in [0.15, 0.2) is 54.9 Å². The van der Waals surface area contributed by atoms with Gasteiger partial charge in [-0.3, -0.25) is 9.59 Å². The maximum absolute atomic E-state index is 11.9. The summed E-state index contributed by atoms with van der Waals surface area (Å²) in [6.45, 7) is 0. The van der Waals surface area contributed by atoms with Crippen molar-refractivity contribution in [1.82, 2.24) is 5.43 Å². The quantitative estimate of drug-likeness (QED) is 0.306. The first-order valence-corrected chi connectivity index (χ1v) is 9.29. The topological polar surface area (TPSA) is 90.8 Å². The van der Waals surface area contributed by atoms with Gasteiger partial charge in [0.1, 0.15) is 12.2 Å². The second-order valence-electron chi connectivity index (χ2n) is 4.83. The number of anilines is 1. The normalized spacial score (nSPS) is 10.7. The van der Waals surface area contributed by atoms with Crippen molar-refractivity contribution < 1.29 is 14.7 Å². The predicted octanol–water partition coefficient (Wildman–Crippen LogP) is 4.16. The summed E-state index contributed by atoms with van der Waals surface area (Å²) in [6.07, 6.45) is 1.04. The molecular weight excluding hydrogens is 522 g/mol. The minimum atomic E-state index is -0.544. The molecule has 9 heteroatoms. The first kappa shape index (κ1) is 19.6. The Morgan fingerprint density at radius 2 is 1.68 bits per heavy atom. The highest BCUT2D eigenvalue weighted by molar-refractivity contribution is 9.11. The number of carbonyl (C=O) groups is 2. The Kier molecular flexibility index (Phi) is 7.15. The van der Waals surface area contributed by atoms with Crippen LogP contribution in [0.5, 0.6) is 5.75 Å². The molecule has 0 radical (unpaired) electrons. The molecular formula is C16H12Br3N3O3. The van der Waals surface area contributed by atoms with E-state index in [1.165, 1.54) is 6.21 Å². The molecule has 0 atom stereocenters. The highest BCUT2D eigenvalue weighted by Crippen LogP contribution is 2.32. The van der Waals surface area contributed by atoms with Gasteiger partial charge in [-0.15, -0.1) is 0 Å². The molecule has 2 aromatic carbocycles. The van der Waals surface area contributed by atoms with Crippen LogP contribution in [0.3, 0.4) is 0 Å². The van der Waals surface area contributed by atoms with Gasteiger partial charge in [-0.05, 0) is 77.6 Å². The van der Waals surface area contributed by atoms with Crippen molar-refractivity contribution in [3.63, 3.8) is 0 Å². The Morgan fingerprint density at radius 3 is 2.32 bits per heavy atom. The van der Waals surface area contributed by atoms with E-state index < -0.39 is 11.8 Å². The first-order chi connectivity index (χ1) is 11.9. The van der Waals surface area contributed by atoms with Crippen molar-refractivity contribution in [2.45, 2.75) is 6.42 Å². The number of phenols is 1. The molecule has 0 aromatic heterocycles. The second-order valence-corrected chi connectivity index (χ2v) is 7.39. The Hall–Kier alpha value is -1.71. The van der Waals surface area contributed by atoms with Gasteiger partial charge >= 0.3 is 0 Å². The molecule has 25 heavy (non-hydrogen) atoms. The van der Waals surface area contributed by atoms with E-state index in [2.05, 4.69) is 63.6 Å². The van der Waals surface area contributed by atoms with E-state index in [1.807, 2.05) is 6.07 Å². The van der Waals surface area contributed by atoms with E-state index in [0.717, 1.165) is 4.47 Å². The Labute approximate surface area is 169 Å². The maximum Gasteiger partial charge on any atom is 0.249 e. The second kappa shape index (κ2) is 9.12. The molecule has 2 amide bonds. The van der Waals surface area contributed by atoms with Crippen LogP contribution >= 0.6 is 47.8 Å². The summed E-state index contributed by atoms with van der Waals surface area (Å²) in [5, 5.41) is 16.1. The number of hydrazone groups is 1. The fourth-order valence-electron chi connectivity index (χ4n) is 1.78. The molecule has 0 heterocycles. The van der Waals surface area contributed by atoms with Crippen LogP contribution in [0.1, 0.15) is 12.0 Å². The van der Waals surface area contributed by atoms with Crippen molar-refractivity contribution in [2.75, 3.05) is 5.32 Å². The number of benzene rings is 2. The molecule has 6 nitrogen and oxygen atoms in total. The molecule has 2 rings (SSSR count).